The van der Waals surface area contributed by atoms with Crippen molar-refractivity contribution in [3.63, 3.8) is 0 Å². The highest BCUT2D eigenvalue weighted by Crippen LogP contribution is 2.32. The Bertz CT molecular complexity index is 1200. The van der Waals surface area contributed by atoms with Crippen LogP contribution in [-0.4, -0.2) is 35.7 Å². The zero-order chi connectivity index (χ0) is 21.3. The lowest BCUT2D eigenvalue weighted by atomic mass is 9.88. The van der Waals surface area contributed by atoms with Gasteiger partial charge in [0.25, 0.3) is 10.0 Å². The lowest BCUT2D eigenvalue weighted by molar-refractivity contribution is -0.118. The average Bonchev–Trinajstić information content (AvgIpc) is 3.17. The van der Waals surface area contributed by atoms with Gasteiger partial charge >= 0.3 is 0 Å². The topological polar surface area (TPSA) is 103 Å². The highest BCUT2D eigenvalue weighted by atomic mass is 32.2. The maximum Gasteiger partial charge on any atom is 0.267 e. The summed E-state index contributed by atoms with van der Waals surface area (Å²) in [4.78, 5) is 17.0. The molecule has 156 valence electrons. The molecule has 9 heteroatoms. The minimum Gasteiger partial charge on any atom is -0.476 e. The van der Waals surface area contributed by atoms with Gasteiger partial charge in [0.2, 0.25) is 11.8 Å². The number of carbonyl (C=O) groups is 1. The van der Waals surface area contributed by atoms with E-state index in [2.05, 4.69) is 14.8 Å². The number of carbonyl (C=O) groups excluding carboxylic acids is 1. The van der Waals surface area contributed by atoms with E-state index >= 15 is 0 Å². The predicted molar refractivity (Wildman–Crippen MR) is 111 cm³/mol. The van der Waals surface area contributed by atoms with E-state index in [9.17, 15) is 13.2 Å². The molecule has 2 aromatic heterocycles. The molecule has 0 fully saturated rings. The fourth-order valence-corrected chi connectivity index (χ4v) is 4.46. The van der Waals surface area contributed by atoms with Crippen LogP contribution in [0, 0.1) is 0 Å². The molecule has 3 aromatic rings. The van der Waals surface area contributed by atoms with Crippen molar-refractivity contribution in [3.05, 3.63) is 60.0 Å². The van der Waals surface area contributed by atoms with Gasteiger partial charge in [-0.1, -0.05) is 32.0 Å². The molecule has 1 aromatic carbocycles. The van der Waals surface area contributed by atoms with Crippen LogP contribution in [0.3, 0.4) is 0 Å². The first-order chi connectivity index (χ1) is 14.3. The summed E-state index contributed by atoms with van der Waals surface area (Å²) in [6.45, 7) is 4.68. The third kappa shape index (κ3) is 4.06. The first-order valence-electron chi connectivity index (χ1n) is 9.62. The van der Waals surface area contributed by atoms with Crippen molar-refractivity contribution >= 4 is 15.9 Å². The van der Waals surface area contributed by atoms with E-state index in [1.807, 2.05) is 44.2 Å². The summed E-state index contributed by atoms with van der Waals surface area (Å²) in [7, 11) is -4.01. The number of amides is 1. The Kier molecular flexibility index (Phi) is 5.29. The molecule has 0 saturated heterocycles. The molecule has 0 aliphatic carbocycles. The number of fused-ring (bicyclic) bond motifs is 6. The van der Waals surface area contributed by atoms with E-state index in [-0.39, 0.29) is 23.8 Å². The summed E-state index contributed by atoms with van der Waals surface area (Å²) in [5.41, 5.74) is 3.46. The van der Waals surface area contributed by atoms with Crippen molar-refractivity contribution in [2.45, 2.75) is 37.6 Å². The molecule has 4 rings (SSSR count). The van der Waals surface area contributed by atoms with E-state index in [4.69, 9.17) is 4.74 Å². The number of sulfonamides is 1. The van der Waals surface area contributed by atoms with Crippen LogP contribution >= 0.6 is 0 Å². The number of hydrogen-bond donors (Lipinski definition) is 1. The van der Waals surface area contributed by atoms with Crippen LogP contribution in [0.4, 0.5) is 0 Å². The first kappa shape index (κ1) is 20.1. The summed E-state index contributed by atoms with van der Waals surface area (Å²) in [5.74, 6) is 0.00690. The van der Waals surface area contributed by atoms with Crippen LogP contribution in [0.25, 0.3) is 11.1 Å². The second kappa shape index (κ2) is 7.91. The quantitative estimate of drug-likeness (QED) is 0.641. The van der Waals surface area contributed by atoms with Crippen LogP contribution in [0.5, 0.6) is 5.88 Å². The zero-order valence-corrected chi connectivity index (χ0v) is 17.5. The lowest BCUT2D eigenvalue weighted by Crippen LogP contribution is -2.32. The van der Waals surface area contributed by atoms with Gasteiger partial charge < -0.3 is 4.74 Å². The van der Waals surface area contributed by atoms with E-state index in [0.29, 0.717) is 12.4 Å². The molecule has 3 heterocycles. The normalized spacial score (nSPS) is 16.0. The minimum absolute atomic E-state index is 0.0678. The summed E-state index contributed by atoms with van der Waals surface area (Å²) in [6, 6.07) is 9.49. The largest absolute Gasteiger partial charge is 0.476 e. The summed E-state index contributed by atoms with van der Waals surface area (Å²) < 4.78 is 34.6. The van der Waals surface area contributed by atoms with Crippen LogP contribution < -0.4 is 9.46 Å². The summed E-state index contributed by atoms with van der Waals surface area (Å²) in [5, 5.41) is 4.04. The molecule has 1 aliphatic heterocycles. The number of nitrogens with zero attached hydrogens (tertiary/aromatic N) is 3. The zero-order valence-electron chi connectivity index (χ0n) is 16.7. The molecule has 1 amide bonds. The van der Waals surface area contributed by atoms with Crippen LogP contribution in [0.15, 0.2) is 53.8 Å². The number of nitrogens with one attached hydrogen (secondary N) is 1. The van der Waals surface area contributed by atoms with Crippen molar-refractivity contribution in [2.75, 3.05) is 6.61 Å². The highest BCUT2D eigenvalue weighted by molar-refractivity contribution is 7.90. The maximum absolute atomic E-state index is 12.8. The standard InChI is InChI=1S/C21H22N4O4S/c1-14(2)17-4-3-5-18-15-6-7-22-21(10-15)29-9-8-25-13-16(12-23-25)30(27,28)24-20(26)11-19(17)18/h3-7,10,12-14H,8-9,11H2,1-2H3,(H,24,26). The average molecular weight is 426 g/mol. The van der Waals surface area contributed by atoms with Crippen molar-refractivity contribution in [3.8, 4) is 17.0 Å². The third-order valence-electron chi connectivity index (χ3n) is 4.96. The fraction of sp³-hybridized carbons (Fsp3) is 0.286. The smallest absolute Gasteiger partial charge is 0.267 e. The van der Waals surface area contributed by atoms with Crippen LogP contribution in [-0.2, 0) is 27.8 Å². The number of pyridine rings is 1. The number of ether oxygens (including phenoxy) is 1. The van der Waals surface area contributed by atoms with E-state index < -0.39 is 15.9 Å². The maximum atomic E-state index is 12.8. The number of benzene rings is 1. The van der Waals surface area contributed by atoms with Gasteiger partial charge in [-0.25, -0.2) is 18.1 Å². The van der Waals surface area contributed by atoms with Gasteiger partial charge in [0.15, 0.2) is 0 Å². The number of hydrogen-bond acceptors (Lipinski definition) is 6. The molecule has 0 atom stereocenters. The van der Waals surface area contributed by atoms with Gasteiger partial charge in [-0.15, -0.1) is 0 Å². The lowest BCUT2D eigenvalue weighted by Gasteiger charge is -2.18. The first-order valence-corrected chi connectivity index (χ1v) is 11.1. The minimum atomic E-state index is -4.01. The highest BCUT2D eigenvalue weighted by Gasteiger charge is 2.23. The van der Waals surface area contributed by atoms with Gasteiger partial charge in [-0.3, -0.25) is 9.48 Å². The molecule has 0 unspecified atom stereocenters. The van der Waals surface area contributed by atoms with Gasteiger partial charge in [-0.2, -0.15) is 5.10 Å². The molecule has 0 spiro atoms. The molecule has 0 saturated carbocycles. The second-order valence-electron chi connectivity index (χ2n) is 7.40. The van der Waals surface area contributed by atoms with Crippen molar-refractivity contribution < 1.29 is 17.9 Å². The van der Waals surface area contributed by atoms with Crippen LogP contribution in [0.2, 0.25) is 0 Å². The Balaban J connectivity index is 1.84. The van der Waals surface area contributed by atoms with E-state index in [1.165, 1.54) is 17.1 Å². The van der Waals surface area contributed by atoms with Crippen molar-refractivity contribution in [1.29, 1.82) is 0 Å². The Labute approximate surface area is 175 Å². The monoisotopic (exact) mass is 426 g/mol. The Morgan fingerprint density at radius 1 is 1.23 bits per heavy atom. The van der Waals surface area contributed by atoms with E-state index in [1.54, 1.807) is 6.20 Å². The Morgan fingerprint density at radius 2 is 2.07 bits per heavy atom. The summed E-state index contributed by atoms with van der Waals surface area (Å²) in [6.07, 6.45) is 4.17. The number of aromatic nitrogens is 3. The molecular formula is C21H22N4O4S. The van der Waals surface area contributed by atoms with Crippen molar-refractivity contribution in [1.82, 2.24) is 19.5 Å². The van der Waals surface area contributed by atoms with E-state index in [0.717, 1.165) is 22.3 Å². The van der Waals surface area contributed by atoms with Crippen molar-refractivity contribution in [2.24, 2.45) is 0 Å². The number of rotatable bonds is 1. The summed E-state index contributed by atoms with van der Waals surface area (Å²) >= 11 is 0. The molecule has 1 N–H and O–H groups in total. The molecule has 8 nitrogen and oxygen atoms in total. The molecule has 4 bridgehead atoms. The molecular weight excluding hydrogens is 404 g/mol. The third-order valence-corrected chi connectivity index (χ3v) is 6.28. The van der Waals surface area contributed by atoms with Gasteiger partial charge in [0.05, 0.1) is 19.2 Å². The molecule has 0 radical (unpaired) electrons. The van der Waals surface area contributed by atoms with Gasteiger partial charge in [-0.05, 0) is 34.2 Å². The predicted octanol–water partition coefficient (Wildman–Crippen LogP) is 2.51. The van der Waals surface area contributed by atoms with Gasteiger partial charge in [0.1, 0.15) is 11.5 Å². The second-order valence-corrected chi connectivity index (χ2v) is 9.09. The molecule has 30 heavy (non-hydrogen) atoms. The Hall–Kier alpha value is -3.20. The Morgan fingerprint density at radius 3 is 2.87 bits per heavy atom. The SMILES string of the molecule is CC(C)c1cccc2c1CC(=O)NS(=O)(=O)c1cnn(c1)CCOc1cc-2ccn1. The molecule has 1 aliphatic rings. The van der Waals surface area contributed by atoms with Crippen LogP contribution in [0.1, 0.15) is 30.9 Å². The fourth-order valence-electron chi connectivity index (χ4n) is 3.52. The van der Waals surface area contributed by atoms with Gasteiger partial charge in [0, 0.05) is 18.5 Å².